The van der Waals surface area contributed by atoms with Crippen LogP contribution in [0.25, 0.3) is 0 Å². The van der Waals surface area contributed by atoms with Gasteiger partial charge in [0.05, 0.1) is 0 Å². The first kappa shape index (κ1) is 24.9. The Hall–Kier alpha value is -3.20. The van der Waals surface area contributed by atoms with Gasteiger partial charge in [-0.05, 0) is 49.3 Å². The summed E-state index contributed by atoms with van der Waals surface area (Å²) in [5, 5.41) is 14.5. The fraction of sp³-hybridized carbons (Fsp3) is 0.423. The molecule has 2 aliphatic rings. The standard InChI is InChI=1S/C26H31N3O5S/c30-24-22(28-26(33)34-16-18-7-3-1-4-8-18)13-14-29(24)23-12-11-20(27-25(31)32)15-19(23)17-35-21-9-5-2-6-10-21/h1-10,19-20,22-23,27H,11-17H2,(H,28,33)(H,31,32)/t19-,20+,22-,23-/m0/s1. The van der Waals surface area contributed by atoms with E-state index in [9.17, 15) is 19.5 Å². The molecule has 1 aliphatic heterocycles. The first-order valence-corrected chi connectivity index (χ1v) is 12.9. The van der Waals surface area contributed by atoms with Crippen LogP contribution in [0.3, 0.4) is 0 Å². The van der Waals surface area contributed by atoms with Crippen molar-refractivity contribution in [3.63, 3.8) is 0 Å². The molecule has 3 amide bonds. The number of rotatable bonds is 8. The van der Waals surface area contributed by atoms with Gasteiger partial charge in [-0.2, -0.15) is 0 Å². The van der Waals surface area contributed by atoms with E-state index in [1.165, 1.54) is 0 Å². The zero-order valence-electron chi connectivity index (χ0n) is 19.5. The third kappa shape index (κ3) is 6.91. The van der Waals surface area contributed by atoms with E-state index in [1.54, 1.807) is 11.8 Å². The molecule has 0 bridgehead atoms. The quantitative estimate of drug-likeness (QED) is 0.474. The molecule has 2 aromatic carbocycles. The number of likely N-dealkylation sites (tertiary alicyclic amines) is 1. The van der Waals surface area contributed by atoms with Crippen LogP contribution in [0.1, 0.15) is 31.2 Å². The van der Waals surface area contributed by atoms with Crippen LogP contribution in [-0.2, 0) is 16.1 Å². The van der Waals surface area contributed by atoms with Crippen LogP contribution in [0.4, 0.5) is 9.59 Å². The number of alkyl carbamates (subject to hydrolysis) is 1. The van der Waals surface area contributed by atoms with Crippen LogP contribution < -0.4 is 10.6 Å². The highest BCUT2D eigenvalue weighted by Gasteiger charge is 2.42. The van der Waals surface area contributed by atoms with Gasteiger partial charge in [0.2, 0.25) is 5.91 Å². The van der Waals surface area contributed by atoms with E-state index in [2.05, 4.69) is 22.8 Å². The van der Waals surface area contributed by atoms with Crippen LogP contribution in [0.15, 0.2) is 65.6 Å². The number of carboxylic acid groups (broad SMARTS) is 1. The monoisotopic (exact) mass is 497 g/mol. The van der Waals surface area contributed by atoms with Crippen molar-refractivity contribution in [2.24, 2.45) is 5.92 Å². The maximum atomic E-state index is 13.2. The Morgan fingerprint density at radius 1 is 1.00 bits per heavy atom. The fourth-order valence-electron chi connectivity index (χ4n) is 4.94. The Labute approximate surface area is 209 Å². The number of nitrogens with one attached hydrogen (secondary N) is 2. The molecule has 1 saturated carbocycles. The second kappa shape index (κ2) is 12.0. The van der Waals surface area contributed by atoms with Crippen LogP contribution in [-0.4, -0.2) is 58.5 Å². The van der Waals surface area contributed by atoms with Gasteiger partial charge >= 0.3 is 12.2 Å². The van der Waals surface area contributed by atoms with Gasteiger partial charge in [-0.3, -0.25) is 4.79 Å². The highest BCUT2D eigenvalue weighted by Crippen LogP contribution is 2.35. The van der Waals surface area contributed by atoms with Gasteiger partial charge < -0.3 is 25.4 Å². The summed E-state index contributed by atoms with van der Waals surface area (Å²) in [5.41, 5.74) is 0.882. The number of hydrogen-bond donors (Lipinski definition) is 3. The number of carbonyl (C=O) groups is 3. The highest BCUT2D eigenvalue weighted by molar-refractivity contribution is 7.99. The molecule has 1 aliphatic carbocycles. The number of amides is 3. The van der Waals surface area contributed by atoms with Crippen molar-refractivity contribution in [1.29, 1.82) is 0 Å². The summed E-state index contributed by atoms with van der Waals surface area (Å²) in [7, 11) is 0. The van der Waals surface area contributed by atoms with Crippen molar-refractivity contribution < 1.29 is 24.2 Å². The summed E-state index contributed by atoms with van der Waals surface area (Å²) in [6.45, 7) is 0.716. The lowest BCUT2D eigenvalue weighted by atomic mass is 9.81. The Morgan fingerprint density at radius 3 is 2.43 bits per heavy atom. The fourth-order valence-corrected chi connectivity index (χ4v) is 6.05. The minimum atomic E-state index is -1.02. The summed E-state index contributed by atoms with van der Waals surface area (Å²) in [6, 6.07) is 18.8. The molecule has 1 heterocycles. The van der Waals surface area contributed by atoms with Crippen molar-refractivity contribution in [3.8, 4) is 0 Å². The molecule has 2 fully saturated rings. The first-order chi connectivity index (χ1) is 17.0. The number of thioether (sulfide) groups is 1. The maximum Gasteiger partial charge on any atom is 0.408 e. The summed E-state index contributed by atoms with van der Waals surface area (Å²) in [6.07, 6.45) is 1.01. The van der Waals surface area contributed by atoms with Gasteiger partial charge in [0, 0.05) is 29.3 Å². The summed E-state index contributed by atoms with van der Waals surface area (Å²) in [4.78, 5) is 39.8. The average molecular weight is 498 g/mol. The van der Waals surface area contributed by atoms with Crippen LogP contribution in [0.5, 0.6) is 0 Å². The van der Waals surface area contributed by atoms with Crippen LogP contribution >= 0.6 is 11.8 Å². The van der Waals surface area contributed by atoms with Crippen molar-refractivity contribution in [1.82, 2.24) is 15.5 Å². The smallest absolute Gasteiger partial charge is 0.408 e. The van der Waals surface area contributed by atoms with Gasteiger partial charge in [0.1, 0.15) is 12.6 Å². The topological polar surface area (TPSA) is 108 Å². The van der Waals surface area contributed by atoms with E-state index in [4.69, 9.17) is 4.74 Å². The lowest BCUT2D eigenvalue weighted by Gasteiger charge is -2.41. The lowest BCUT2D eigenvalue weighted by molar-refractivity contribution is -0.132. The van der Waals surface area contributed by atoms with E-state index < -0.39 is 18.2 Å². The SMILES string of the molecule is O=C(O)N[C@@H]1CC[C@H](N2CC[C@H](NC(=O)OCc3ccccc3)C2=O)[C@H](CSc2ccccc2)C1. The Kier molecular flexibility index (Phi) is 8.52. The van der Waals surface area contributed by atoms with E-state index >= 15 is 0 Å². The first-order valence-electron chi connectivity index (χ1n) is 11.9. The summed E-state index contributed by atoms with van der Waals surface area (Å²) in [5.74, 6) is 0.831. The van der Waals surface area contributed by atoms with Crippen molar-refractivity contribution in [2.45, 2.75) is 55.3 Å². The number of hydrogen-bond acceptors (Lipinski definition) is 5. The molecular formula is C26H31N3O5S. The number of nitrogens with zero attached hydrogens (tertiary/aromatic N) is 1. The predicted molar refractivity (Wildman–Crippen MR) is 133 cm³/mol. The molecule has 0 radical (unpaired) electrons. The molecule has 3 N–H and O–H groups in total. The highest BCUT2D eigenvalue weighted by atomic mass is 32.2. The molecule has 0 spiro atoms. The number of carbonyl (C=O) groups excluding carboxylic acids is 2. The zero-order chi connectivity index (χ0) is 24.6. The molecule has 35 heavy (non-hydrogen) atoms. The lowest BCUT2D eigenvalue weighted by Crippen LogP contribution is -2.52. The average Bonchev–Trinajstić information content (AvgIpc) is 3.22. The van der Waals surface area contributed by atoms with Crippen LogP contribution in [0.2, 0.25) is 0 Å². The zero-order valence-corrected chi connectivity index (χ0v) is 20.3. The molecule has 8 nitrogen and oxygen atoms in total. The molecule has 4 atom stereocenters. The molecule has 2 aromatic rings. The van der Waals surface area contributed by atoms with Gasteiger partial charge in [-0.25, -0.2) is 9.59 Å². The van der Waals surface area contributed by atoms with Crippen molar-refractivity contribution >= 4 is 29.9 Å². The molecule has 9 heteroatoms. The van der Waals surface area contributed by atoms with Gasteiger partial charge in [-0.1, -0.05) is 48.5 Å². The van der Waals surface area contributed by atoms with Crippen molar-refractivity contribution in [2.75, 3.05) is 12.3 Å². The van der Waals surface area contributed by atoms with E-state index in [-0.39, 0.29) is 30.5 Å². The maximum absolute atomic E-state index is 13.2. The van der Waals surface area contributed by atoms with Gasteiger partial charge in [0.25, 0.3) is 0 Å². The van der Waals surface area contributed by atoms with Crippen LogP contribution in [0, 0.1) is 5.92 Å². The van der Waals surface area contributed by atoms with E-state index in [0.717, 1.165) is 22.6 Å². The van der Waals surface area contributed by atoms with E-state index in [1.807, 2.05) is 53.4 Å². The second-order valence-corrected chi connectivity index (χ2v) is 10.1. The van der Waals surface area contributed by atoms with Gasteiger partial charge in [0.15, 0.2) is 0 Å². The molecule has 0 unspecified atom stereocenters. The minimum Gasteiger partial charge on any atom is -0.465 e. The minimum absolute atomic E-state index is 0.0118. The number of ether oxygens (including phenoxy) is 1. The molecule has 0 aromatic heterocycles. The molecule has 1 saturated heterocycles. The molecular weight excluding hydrogens is 466 g/mol. The second-order valence-electron chi connectivity index (χ2n) is 8.99. The summed E-state index contributed by atoms with van der Waals surface area (Å²) < 4.78 is 5.29. The normalized spacial score (nSPS) is 24.1. The third-order valence-corrected chi connectivity index (χ3v) is 7.82. The predicted octanol–water partition coefficient (Wildman–Crippen LogP) is 4.11. The number of benzene rings is 2. The largest absolute Gasteiger partial charge is 0.465 e. The Balaban J connectivity index is 1.35. The van der Waals surface area contributed by atoms with Gasteiger partial charge in [-0.15, -0.1) is 11.8 Å². The molecule has 4 rings (SSSR count). The Morgan fingerprint density at radius 2 is 1.71 bits per heavy atom. The summed E-state index contributed by atoms with van der Waals surface area (Å²) >= 11 is 1.72. The molecule has 186 valence electrons. The third-order valence-electron chi connectivity index (χ3n) is 6.62. The van der Waals surface area contributed by atoms with E-state index in [0.29, 0.717) is 25.8 Å². The Bertz CT molecular complexity index is 1010. The van der Waals surface area contributed by atoms with Crippen molar-refractivity contribution in [3.05, 3.63) is 66.2 Å².